The Morgan fingerprint density at radius 1 is 0.970 bits per heavy atom. The second kappa shape index (κ2) is 8.87. The summed E-state index contributed by atoms with van der Waals surface area (Å²) in [5.41, 5.74) is -0.352. The number of carbonyl (C=O) groups excluding carboxylic acids is 1. The SMILES string of the molecule is [3H][C@]1(O)C[C@@H]2C(=O)C[C@@H]3[C@H](CC[C@]4(C)[C@@H]([C@H](C)[C@@H](O)[C@H](O)[C@H](C)C(C)C)CC[C@@H]34)[C@@]2(C)C[C@H]1O. The monoisotopic (exact) mass is 466 g/mol. The van der Waals surface area contributed by atoms with Gasteiger partial charge in [0.1, 0.15) is 5.78 Å². The number of aliphatic hydroxyl groups is 4. The van der Waals surface area contributed by atoms with Crippen molar-refractivity contribution in [3.05, 3.63) is 0 Å². The number of hydrogen-bond acceptors (Lipinski definition) is 5. The molecule has 4 fully saturated rings. The van der Waals surface area contributed by atoms with E-state index in [1.54, 1.807) is 0 Å². The molecule has 0 aromatic rings. The predicted octanol–water partition coefficient (Wildman–Crippen LogP) is 3.81. The number of fused-ring (bicyclic) bond motifs is 5. The zero-order valence-electron chi connectivity index (χ0n) is 22.5. The molecule has 13 atom stereocenters. The summed E-state index contributed by atoms with van der Waals surface area (Å²) in [5.74, 6) is 1.38. The zero-order valence-corrected chi connectivity index (χ0v) is 21.5. The van der Waals surface area contributed by atoms with Gasteiger partial charge in [-0.15, -0.1) is 0 Å². The van der Waals surface area contributed by atoms with Crippen LogP contribution in [0.2, 0.25) is 0 Å². The lowest BCUT2D eigenvalue weighted by molar-refractivity contribution is -0.175. The molecule has 4 aliphatic carbocycles. The minimum absolute atomic E-state index is 0.0137. The number of carbonyl (C=O) groups is 1. The van der Waals surface area contributed by atoms with Gasteiger partial charge in [-0.3, -0.25) is 4.79 Å². The van der Waals surface area contributed by atoms with Crippen LogP contribution in [0.4, 0.5) is 0 Å². The highest BCUT2D eigenvalue weighted by molar-refractivity contribution is 5.83. The molecule has 0 aromatic heterocycles. The molecule has 0 unspecified atom stereocenters. The van der Waals surface area contributed by atoms with Crippen LogP contribution in [0.5, 0.6) is 0 Å². The number of ketones is 1. The van der Waals surface area contributed by atoms with Crippen molar-refractivity contribution in [2.24, 2.45) is 58.2 Å². The van der Waals surface area contributed by atoms with Gasteiger partial charge in [-0.1, -0.05) is 41.5 Å². The zero-order chi connectivity index (χ0) is 25.4. The fourth-order valence-electron chi connectivity index (χ4n) is 9.07. The summed E-state index contributed by atoms with van der Waals surface area (Å²) in [5, 5.41) is 43.0. The third-order valence-electron chi connectivity index (χ3n) is 11.5. The Balaban J connectivity index is 1.56. The van der Waals surface area contributed by atoms with Gasteiger partial charge in [0, 0.05) is 12.3 Å². The molecule has 0 radical (unpaired) electrons. The van der Waals surface area contributed by atoms with Gasteiger partial charge < -0.3 is 20.4 Å². The van der Waals surface area contributed by atoms with Gasteiger partial charge in [0.05, 0.1) is 25.8 Å². The smallest absolute Gasteiger partial charge is 0.136 e. The minimum Gasteiger partial charge on any atom is -0.390 e. The molecule has 4 rings (SSSR count). The molecule has 0 bridgehead atoms. The van der Waals surface area contributed by atoms with Crippen molar-refractivity contribution in [1.29, 1.82) is 0 Å². The summed E-state index contributed by atoms with van der Waals surface area (Å²) >= 11 is 0. The molecule has 0 heterocycles. The van der Waals surface area contributed by atoms with E-state index in [0.29, 0.717) is 36.5 Å². The molecule has 4 N–H and O–H groups in total. The average molecular weight is 467 g/mol. The van der Waals surface area contributed by atoms with Crippen molar-refractivity contribution in [2.75, 3.05) is 0 Å². The molecule has 4 aliphatic rings. The summed E-state index contributed by atoms with van der Waals surface area (Å²) in [6.45, 7) is 12.7. The van der Waals surface area contributed by atoms with Gasteiger partial charge in [-0.2, -0.15) is 0 Å². The molecular formula is C28H48O5. The van der Waals surface area contributed by atoms with Crippen molar-refractivity contribution in [3.63, 3.8) is 0 Å². The maximum absolute atomic E-state index is 13.4. The van der Waals surface area contributed by atoms with Crippen LogP contribution in [0, 0.1) is 58.2 Å². The van der Waals surface area contributed by atoms with Gasteiger partial charge in [0.15, 0.2) is 0 Å². The molecule has 5 nitrogen and oxygen atoms in total. The van der Waals surface area contributed by atoms with Crippen LogP contribution >= 0.6 is 0 Å². The number of aliphatic hydroxyl groups excluding tert-OH is 3. The fraction of sp³-hybridized carbons (Fsp3) is 0.964. The molecule has 0 aliphatic heterocycles. The number of rotatable bonds is 5. The summed E-state index contributed by atoms with van der Waals surface area (Å²) in [4.78, 5) is 13.4. The molecular weight excluding hydrogens is 416 g/mol. The molecule has 33 heavy (non-hydrogen) atoms. The van der Waals surface area contributed by atoms with Gasteiger partial charge in [-0.25, -0.2) is 0 Å². The standard InChI is InChI=1S/C28H48O5/c1-14(2)15(3)25(32)26(33)16(4)18-7-8-19-17-11-22(29)21-12-23(30)24(31)13-28(21,6)20(17)9-10-27(18,19)5/h14-21,23-26,30-33H,7-13H2,1-6H3/t15-,16+,17+,18-,19+,20+,21-,23+,24-,25-,26-,27-,28-/m1/s1/i23T. The second-order valence-electron chi connectivity index (χ2n) is 13.2. The van der Waals surface area contributed by atoms with E-state index in [-0.39, 0.29) is 46.7 Å². The van der Waals surface area contributed by atoms with Crippen LogP contribution in [-0.4, -0.2) is 50.6 Å². The molecule has 0 spiro atoms. The Labute approximate surface area is 201 Å². The summed E-state index contributed by atoms with van der Waals surface area (Å²) in [7, 11) is 0. The Hall–Kier alpha value is -0.490. The van der Waals surface area contributed by atoms with Crippen LogP contribution in [0.15, 0.2) is 0 Å². The van der Waals surface area contributed by atoms with Crippen molar-refractivity contribution < 1.29 is 26.6 Å². The first-order valence-electron chi connectivity index (χ1n) is 13.9. The first kappa shape index (κ1) is 24.2. The third kappa shape index (κ3) is 3.93. The molecule has 0 saturated heterocycles. The van der Waals surface area contributed by atoms with Gasteiger partial charge in [0.25, 0.3) is 0 Å². The number of hydrogen-bond donors (Lipinski definition) is 4. The molecule has 190 valence electrons. The molecule has 0 amide bonds. The van der Waals surface area contributed by atoms with Crippen LogP contribution in [0.25, 0.3) is 0 Å². The number of Topliss-reactive ketones (excluding diaryl/α,β-unsaturated/α-hetero) is 1. The lowest BCUT2D eigenvalue weighted by Gasteiger charge is -2.61. The lowest BCUT2D eigenvalue weighted by atomic mass is 9.44. The maximum Gasteiger partial charge on any atom is 0.136 e. The van der Waals surface area contributed by atoms with E-state index in [1.165, 1.54) is 0 Å². The Bertz CT molecular complexity index is 785. The Morgan fingerprint density at radius 2 is 1.61 bits per heavy atom. The fourth-order valence-corrected chi connectivity index (χ4v) is 9.07. The van der Waals surface area contributed by atoms with Crippen LogP contribution < -0.4 is 0 Å². The minimum atomic E-state index is -1.94. The van der Waals surface area contributed by atoms with Crippen LogP contribution in [-0.2, 0) is 4.79 Å². The molecule has 5 heteroatoms. The van der Waals surface area contributed by atoms with E-state index in [1.807, 2.05) is 6.92 Å². The summed E-state index contributed by atoms with van der Waals surface area (Å²) < 4.78 is 8.13. The van der Waals surface area contributed by atoms with Crippen molar-refractivity contribution >= 4 is 5.78 Å². The predicted molar refractivity (Wildman–Crippen MR) is 128 cm³/mol. The first-order valence-corrected chi connectivity index (χ1v) is 13.4. The highest BCUT2D eigenvalue weighted by Crippen LogP contribution is 2.67. The van der Waals surface area contributed by atoms with E-state index in [0.717, 1.165) is 25.7 Å². The van der Waals surface area contributed by atoms with Crippen molar-refractivity contribution in [3.8, 4) is 0 Å². The highest BCUT2D eigenvalue weighted by atomic mass is 16.3. The van der Waals surface area contributed by atoms with Gasteiger partial charge in [0.2, 0.25) is 0 Å². The summed E-state index contributed by atoms with van der Waals surface area (Å²) in [6, 6.07) is 0. The Kier molecular flexibility index (Phi) is 6.51. The maximum atomic E-state index is 13.4. The molecule has 0 aromatic carbocycles. The van der Waals surface area contributed by atoms with Crippen molar-refractivity contribution in [2.45, 2.75) is 111 Å². The second-order valence-corrected chi connectivity index (χ2v) is 13.2. The average Bonchev–Trinajstić information content (AvgIpc) is 3.11. The van der Waals surface area contributed by atoms with Crippen molar-refractivity contribution in [1.82, 2.24) is 0 Å². The summed E-state index contributed by atoms with van der Waals surface area (Å²) in [6.07, 6.45) is 0.346. The van der Waals surface area contributed by atoms with E-state index in [4.69, 9.17) is 1.37 Å². The third-order valence-corrected chi connectivity index (χ3v) is 11.5. The largest absolute Gasteiger partial charge is 0.390 e. The van der Waals surface area contributed by atoms with E-state index in [2.05, 4.69) is 34.6 Å². The van der Waals surface area contributed by atoms with E-state index < -0.39 is 24.4 Å². The Morgan fingerprint density at radius 3 is 2.24 bits per heavy atom. The highest BCUT2D eigenvalue weighted by Gasteiger charge is 2.63. The van der Waals surface area contributed by atoms with E-state index in [9.17, 15) is 25.2 Å². The topological polar surface area (TPSA) is 98.0 Å². The quantitative estimate of drug-likeness (QED) is 0.494. The van der Waals surface area contributed by atoms with Gasteiger partial charge >= 0.3 is 0 Å². The molecule has 4 saturated carbocycles. The van der Waals surface area contributed by atoms with E-state index >= 15 is 0 Å². The lowest BCUT2D eigenvalue weighted by Crippen LogP contribution is -2.59. The van der Waals surface area contributed by atoms with Gasteiger partial charge in [-0.05, 0) is 90.8 Å². The van der Waals surface area contributed by atoms with Crippen LogP contribution in [0.3, 0.4) is 0 Å². The van der Waals surface area contributed by atoms with Crippen LogP contribution in [0.1, 0.15) is 87.9 Å². The normalized spacial score (nSPS) is 51.7. The first-order chi connectivity index (χ1) is 15.6.